The largest absolute Gasteiger partial charge is 0.370 e. The van der Waals surface area contributed by atoms with E-state index in [1.54, 1.807) is 0 Å². The minimum absolute atomic E-state index is 0.0408. The van der Waals surface area contributed by atoms with Crippen molar-refractivity contribution in [2.24, 2.45) is 22.2 Å². The molecule has 5 aromatic carbocycles. The fourth-order valence-electron chi connectivity index (χ4n) is 6.91. The molecule has 8 heteroatoms. The SMILES string of the molecule is NC(N)=NCCCC1CN(C(=O)Cc2ccc3ccccc3c2)C(Cc2ccccc2)CN1C(=O)C(N)Cc1ccc2ccccc2c1. The van der Waals surface area contributed by atoms with Crippen molar-refractivity contribution >= 4 is 39.3 Å². The third-order valence-electron chi connectivity index (χ3n) is 9.36. The van der Waals surface area contributed by atoms with E-state index < -0.39 is 6.04 Å². The minimum atomic E-state index is -0.719. The molecule has 1 saturated heterocycles. The van der Waals surface area contributed by atoms with Gasteiger partial charge in [-0.15, -0.1) is 0 Å². The Morgan fingerprint density at radius 3 is 1.94 bits per heavy atom. The molecule has 2 amide bonds. The summed E-state index contributed by atoms with van der Waals surface area (Å²) in [5, 5.41) is 4.52. The predicted octanol–water partition coefficient (Wildman–Crippen LogP) is 4.81. The first kappa shape index (κ1) is 32.7. The molecule has 6 rings (SSSR count). The number of guanidine groups is 1. The van der Waals surface area contributed by atoms with Crippen molar-refractivity contribution in [2.45, 2.75) is 50.2 Å². The van der Waals surface area contributed by atoms with Crippen molar-refractivity contribution < 1.29 is 9.59 Å². The van der Waals surface area contributed by atoms with Gasteiger partial charge in [0.15, 0.2) is 5.96 Å². The Morgan fingerprint density at radius 1 is 0.688 bits per heavy atom. The number of benzene rings is 5. The molecule has 48 heavy (non-hydrogen) atoms. The number of hydrogen-bond donors (Lipinski definition) is 3. The zero-order chi connectivity index (χ0) is 33.5. The Morgan fingerprint density at radius 2 is 1.27 bits per heavy atom. The highest BCUT2D eigenvalue weighted by molar-refractivity contribution is 5.87. The van der Waals surface area contributed by atoms with Gasteiger partial charge in [0.1, 0.15) is 0 Å². The quantitative estimate of drug-likeness (QED) is 0.108. The Balaban J connectivity index is 1.26. The van der Waals surface area contributed by atoms with Gasteiger partial charge in [-0.3, -0.25) is 14.6 Å². The highest BCUT2D eigenvalue weighted by Gasteiger charge is 2.39. The summed E-state index contributed by atoms with van der Waals surface area (Å²) in [6.45, 7) is 1.26. The summed E-state index contributed by atoms with van der Waals surface area (Å²) in [6, 6.07) is 37.8. The highest BCUT2D eigenvalue weighted by Crippen LogP contribution is 2.26. The third-order valence-corrected chi connectivity index (χ3v) is 9.36. The zero-order valence-electron chi connectivity index (χ0n) is 27.2. The number of carbonyl (C=O) groups excluding carboxylic acids is 2. The molecule has 1 fully saturated rings. The Labute approximate surface area is 282 Å². The van der Waals surface area contributed by atoms with E-state index in [-0.39, 0.29) is 36.3 Å². The molecule has 0 spiro atoms. The van der Waals surface area contributed by atoms with Gasteiger partial charge >= 0.3 is 0 Å². The lowest BCUT2D eigenvalue weighted by Crippen LogP contribution is -2.64. The first-order valence-corrected chi connectivity index (χ1v) is 16.7. The standard InChI is InChI=1S/C40H44N6O2/c41-37(24-29-16-18-31-11-4-6-13-33(31)21-29)39(48)46-27-36(23-28-9-2-1-3-10-28)45(26-35(46)15-8-20-44-40(42)43)38(47)25-30-17-19-32-12-5-7-14-34(32)22-30/h1-7,9-14,16-19,21-22,35-37H,8,15,20,23-27,41H2,(H4,42,43,44). The predicted molar refractivity (Wildman–Crippen MR) is 194 cm³/mol. The van der Waals surface area contributed by atoms with Gasteiger partial charge in [0.05, 0.1) is 18.5 Å². The molecule has 1 aliphatic rings. The summed E-state index contributed by atoms with van der Waals surface area (Å²) >= 11 is 0. The highest BCUT2D eigenvalue weighted by atomic mass is 16.2. The Hall–Kier alpha value is -5.21. The maximum Gasteiger partial charge on any atom is 0.240 e. The number of rotatable bonds is 11. The van der Waals surface area contributed by atoms with E-state index >= 15 is 0 Å². The van der Waals surface area contributed by atoms with E-state index in [2.05, 4.69) is 65.7 Å². The normalized spacial score (nSPS) is 16.9. The lowest BCUT2D eigenvalue weighted by molar-refractivity contribution is -0.147. The summed E-state index contributed by atoms with van der Waals surface area (Å²) in [5.74, 6) is -0.0122. The average Bonchev–Trinajstić information content (AvgIpc) is 3.10. The van der Waals surface area contributed by atoms with Gasteiger partial charge in [0.2, 0.25) is 11.8 Å². The smallest absolute Gasteiger partial charge is 0.240 e. The second kappa shape index (κ2) is 15.1. The fourth-order valence-corrected chi connectivity index (χ4v) is 6.91. The molecule has 246 valence electrons. The maximum atomic E-state index is 14.2. The molecule has 6 N–H and O–H groups in total. The topological polar surface area (TPSA) is 131 Å². The number of nitrogens with zero attached hydrogens (tertiary/aromatic N) is 3. The van der Waals surface area contributed by atoms with E-state index in [0.717, 1.165) is 38.2 Å². The van der Waals surface area contributed by atoms with Crippen LogP contribution in [0.25, 0.3) is 21.5 Å². The van der Waals surface area contributed by atoms with Gasteiger partial charge in [-0.25, -0.2) is 0 Å². The molecule has 0 aromatic heterocycles. The molecule has 0 saturated carbocycles. The summed E-state index contributed by atoms with van der Waals surface area (Å²) in [5.41, 5.74) is 21.0. The van der Waals surface area contributed by atoms with Crippen molar-refractivity contribution in [3.63, 3.8) is 0 Å². The molecule has 8 nitrogen and oxygen atoms in total. The van der Waals surface area contributed by atoms with Gasteiger partial charge in [-0.1, -0.05) is 115 Å². The number of aliphatic imine (C=N–C) groups is 1. The van der Waals surface area contributed by atoms with Gasteiger partial charge in [0.25, 0.3) is 0 Å². The van der Waals surface area contributed by atoms with Crippen LogP contribution in [0.3, 0.4) is 0 Å². The minimum Gasteiger partial charge on any atom is -0.370 e. The van der Waals surface area contributed by atoms with Crippen LogP contribution in [0.1, 0.15) is 29.5 Å². The lowest BCUT2D eigenvalue weighted by Gasteiger charge is -2.47. The van der Waals surface area contributed by atoms with E-state index in [4.69, 9.17) is 17.2 Å². The first-order valence-electron chi connectivity index (χ1n) is 16.7. The Kier molecular flexibility index (Phi) is 10.3. The van der Waals surface area contributed by atoms with E-state index in [0.29, 0.717) is 45.3 Å². The van der Waals surface area contributed by atoms with E-state index in [9.17, 15) is 9.59 Å². The van der Waals surface area contributed by atoms with Crippen LogP contribution < -0.4 is 17.2 Å². The maximum absolute atomic E-state index is 14.2. The number of piperazine rings is 1. The van der Waals surface area contributed by atoms with Crippen molar-refractivity contribution in [3.8, 4) is 0 Å². The van der Waals surface area contributed by atoms with Crippen LogP contribution in [0.4, 0.5) is 0 Å². The molecular formula is C40H44N6O2. The molecule has 5 aromatic rings. The summed E-state index contributed by atoms with van der Waals surface area (Å²) < 4.78 is 0. The summed E-state index contributed by atoms with van der Waals surface area (Å²) in [4.78, 5) is 36.5. The third kappa shape index (κ3) is 8.01. The summed E-state index contributed by atoms with van der Waals surface area (Å²) in [6.07, 6.45) is 2.65. The van der Waals surface area contributed by atoms with Crippen LogP contribution in [-0.2, 0) is 28.9 Å². The van der Waals surface area contributed by atoms with Gasteiger partial charge in [0, 0.05) is 25.7 Å². The molecule has 3 unspecified atom stereocenters. The molecule has 1 aliphatic heterocycles. The van der Waals surface area contributed by atoms with Gasteiger partial charge in [-0.2, -0.15) is 0 Å². The lowest BCUT2D eigenvalue weighted by atomic mass is 9.94. The first-order chi connectivity index (χ1) is 23.3. The van der Waals surface area contributed by atoms with Gasteiger partial charge < -0.3 is 27.0 Å². The molecule has 0 aliphatic carbocycles. The second-order valence-electron chi connectivity index (χ2n) is 12.8. The average molecular weight is 641 g/mol. The van der Waals surface area contributed by atoms with Crippen LogP contribution in [-0.4, -0.2) is 65.3 Å². The van der Waals surface area contributed by atoms with E-state index in [1.165, 1.54) is 0 Å². The fraction of sp³-hybridized carbons (Fsp3) is 0.275. The number of nitrogens with two attached hydrogens (primary N) is 3. The molecule has 0 radical (unpaired) electrons. The molecular weight excluding hydrogens is 596 g/mol. The van der Waals surface area contributed by atoms with Crippen molar-refractivity contribution in [1.82, 2.24) is 9.80 Å². The van der Waals surface area contributed by atoms with Crippen molar-refractivity contribution in [1.29, 1.82) is 0 Å². The molecule has 1 heterocycles. The van der Waals surface area contributed by atoms with Crippen LogP contribution >= 0.6 is 0 Å². The number of carbonyl (C=O) groups is 2. The van der Waals surface area contributed by atoms with Crippen LogP contribution in [0.2, 0.25) is 0 Å². The van der Waals surface area contributed by atoms with Crippen molar-refractivity contribution in [3.05, 3.63) is 132 Å². The number of fused-ring (bicyclic) bond motifs is 2. The molecule has 3 atom stereocenters. The van der Waals surface area contributed by atoms with Crippen LogP contribution in [0.15, 0.2) is 120 Å². The Bertz CT molecular complexity index is 1900. The monoisotopic (exact) mass is 640 g/mol. The van der Waals surface area contributed by atoms with Crippen LogP contribution in [0.5, 0.6) is 0 Å². The van der Waals surface area contributed by atoms with Gasteiger partial charge in [-0.05, 0) is 63.9 Å². The van der Waals surface area contributed by atoms with Crippen LogP contribution in [0, 0.1) is 0 Å². The zero-order valence-corrected chi connectivity index (χ0v) is 27.2. The molecule has 0 bridgehead atoms. The second-order valence-corrected chi connectivity index (χ2v) is 12.8. The van der Waals surface area contributed by atoms with E-state index in [1.807, 2.05) is 64.4 Å². The number of amides is 2. The van der Waals surface area contributed by atoms with Crippen molar-refractivity contribution in [2.75, 3.05) is 19.6 Å². The summed E-state index contributed by atoms with van der Waals surface area (Å²) in [7, 11) is 0. The number of hydrogen-bond acceptors (Lipinski definition) is 4.